The zero-order valence-electron chi connectivity index (χ0n) is 24.1. The molecule has 2 amide bonds. The van der Waals surface area contributed by atoms with Crippen LogP contribution in [0.2, 0.25) is 0 Å². The second-order valence-corrected chi connectivity index (χ2v) is 11.4. The number of amides is 2. The van der Waals surface area contributed by atoms with E-state index in [0.29, 0.717) is 6.42 Å². The lowest BCUT2D eigenvalue weighted by Gasteiger charge is -2.37. The summed E-state index contributed by atoms with van der Waals surface area (Å²) in [7, 11) is 3.69. The normalized spacial score (nSPS) is 15.1. The molecule has 7 nitrogen and oxygen atoms in total. The first-order valence-corrected chi connectivity index (χ1v) is 13.2. The van der Waals surface area contributed by atoms with Crippen LogP contribution in [0.25, 0.3) is 10.9 Å². The predicted molar refractivity (Wildman–Crippen MR) is 149 cm³/mol. The number of fused-ring (bicyclic) bond motifs is 1. The molecule has 0 aliphatic rings. The Kier molecular flexibility index (Phi) is 9.75. The number of carboxylic acids is 1. The Morgan fingerprint density at radius 1 is 1.11 bits per heavy atom. The number of aromatic nitrogens is 1. The van der Waals surface area contributed by atoms with Crippen molar-refractivity contribution in [3.8, 4) is 0 Å². The van der Waals surface area contributed by atoms with E-state index in [9.17, 15) is 19.5 Å². The smallest absolute Gasteiger partial charge is 0.331 e. The topological polar surface area (TPSA) is 91.6 Å². The fourth-order valence-electron chi connectivity index (χ4n) is 5.28. The number of aliphatic carboxylic acids is 1. The molecular formula is C30H45N3O4. The number of aryl methyl sites for hydroxylation is 1. The SMILES string of the molecule is CC[C@H](C(=O)N[C@H](C(=O)N(C)[C@H](/C=C(\C)C(=O)O)C(C)C)C(C)C)C(C)(C)c1cn(C)c2ccccc12. The van der Waals surface area contributed by atoms with Crippen LogP contribution in [0.3, 0.4) is 0 Å². The van der Waals surface area contributed by atoms with Crippen molar-refractivity contribution in [1.82, 2.24) is 14.8 Å². The largest absolute Gasteiger partial charge is 0.478 e. The highest BCUT2D eigenvalue weighted by molar-refractivity contribution is 5.91. The van der Waals surface area contributed by atoms with Gasteiger partial charge in [-0.15, -0.1) is 0 Å². The van der Waals surface area contributed by atoms with Crippen LogP contribution >= 0.6 is 0 Å². The number of nitrogens with one attached hydrogen (secondary N) is 1. The van der Waals surface area contributed by atoms with E-state index >= 15 is 0 Å². The highest BCUT2D eigenvalue weighted by Gasteiger charge is 2.40. The third kappa shape index (κ3) is 6.43. The monoisotopic (exact) mass is 511 g/mol. The van der Waals surface area contributed by atoms with Gasteiger partial charge in [0.2, 0.25) is 11.8 Å². The van der Waals surface area contributed by atoms with E-state index in [1.807, 2.05) is 53.8 Å². The molecule has 0 spiro atoms. The summed E-state index contributed by atoms with van der Waals surface area (Å²) in [5.74, 6) is -1.89. The minimum Gasteiger partial charge on any atom is -0.478 e. The minimum atomic E-state index is -1.01. The zero-order chi connectivity index (χ0) is 28.2. The van der Waals surface area contributed by atoms with Crippen LogP contribution in [0.5, 0.6) is 0 Å². The van der Waals surface area contributed by atoms with E-state index in [-0.39, 0.29) is 35.1 Å². The molecule has 7 heteroatoms. The molecule has 3 atom stereocenters. The van der Waals surface area contributed by atoms with Crippen molar-refractivity contribution in [3.63, 3.8) is 0 Å². The van der Waals surface area contributed by atoms with Crippen LogP contribution in [0.1, 0.15) is 67.4 Å². The van der Waals surface area contributed by atoms with Crippen LogP contribution in [-0.4, -0.2) is 51.5 Å². The average molecular weight is 512 g/mol. The first kappa shape index (κ1) is 30.1. The van der Waals surface area contributed by atoms with Gasteiger partial charge in [-0.2, -0.15) is 0 Å². The molecule has 204 valence electrons. The second kappa shape index (κ2) is 12.0. The van der Waals surface area contributed by atoms with E-state index in [0.717, 1.165) is 16.5 Å². The van der Waals surface area contributed by atoms with Gasteiger partial charge in [-0.3, -0.25) is 9.59 Å². The average Bonchev–Trinajstić information content (AvgIpc) is 3.17. The molecule has 1 aromatic heterocycles. The molecule has 2 rings (SSSR count). The number of rotatable bonds is 11. The van der Waals surface area contributed by atoms with Crippen molar-refractivity contribution < 1.29 is 19.5 Å². The van der Waals surface area contributed by atoms with Crippen LogP contribution in [0.15, 0.2) is 42.1 Å². The lowest BCUT2D eigenvalue weighted by atomic mass is 9.71. The molecule has 37 heavy (non-hydrogen) atoms. The summed E-state index contributed by atoms with van der Waals surface area (Å²) in [5, 5.41) is 13.5. The summed E-state index contributed by atoms with van der Waals surface area (Å²) in [5.41, 5.74) is 1.93. The molecule has 0 saturated heterocycles. The molecule has 0 aliphatic carbocycles. The number of nitrogens with zero attached hydrogens (tertiary/aromatic N) is 2. The minimum absolute atomic E-state index is 0.000416. The van der Waals surface area contributed by atoms with Crippen LogP contribution in [0.4, 0.5) is 0 Å². The second-order valence-electron chi connectivity index (χ2n) is 11.4. The van der Waals surface area contributed by atoms with Crippen LogP contribution in [-0.2, 0) is 26.8 Å². The molecule has 1 aromatic carbocycles. The van der Waals surface area contributed by atoms with Crippen molar-refractivity contribution >= 4 is 28.7 Å². The van der Waals surface area contributed by atoms with Gasteiger partial charge in [0.1, 0.15) is 6.04 Å². The molecule has 0 bridgehead atoms. The number of hydrogen-bond donors (Lipinski definition) is 2. The third-order valence-electron chi connectivity index (χ3n) is 7.65. The summed E-state index contributed by atoms with van der Waals surface area (Å²) in [6.07, 6.45) is 4.33. The maximum absolute atomic E-state index is 13.8. The van der Waals surface area contributed by atoms with Crippen molar-refractivity contribution in [2.45, 2.75) is 79.3 Å². The maximum atomic E-state index is 13.8. The Hall–Kier alpha value is -3.09. The summed E-state index contributed by atoms with van der Waals surface area (Å²) in [4.78, 5) is 40.4. The van der Waals surface area contributed by atoms with E-state index < -0.39 is 23.5 Å². The van der Waals surface area contributed by atoms with Gasteiger partial charge in [-0.1, -0.05) is 72.7 Å². The number of carbonyl (C=O) groups excluding carboxylic acids is 2. The van der Waals surface area contributed by atoms with Crippen LogP contribution in [0, 0.1) is 17.8 Å². The van der Waals surface area contributed by atoms with Crippen molar-refractivity contribution in [3.05, 3.63) is 47.7 Å². The van der Waals surface area contributed by atoms with E-state index in [1.165, 1.54) is 6.92 Å². The van der Waals surface area contributed by atoms with Gasteiger partial charge in [0.15, 0.2) is 0 Å². The molecule has 0 aliphatic heterocycles. The molecule has 2 N–H and O–H groups in total. The number of para-hydroxylation sites is 1. The lowest BCUT2D eigenvalue weighted by Crippen LogP contribution is -2.55. The van der Waals surface area contributed by atoms with E-state index in [1.54, 1.807) is 18.0 Å². The summed E-state index contributed by atoms with van der Waals surface area (Å²) in [6, 6.07) is 7.05. The number of likely N-dealkylation sites (N-methyl/N-ethyl adjacent to an activating group) is 1. The van der Waals surface area contributed by atoms with Crippen molar-refractivity contribution in [2.75, 3.05) is 7.05 Å². The Bertz CT molecular complexity index is 1160. The fraction of sp³-hybridized carbons (Fsp3) is 0.567. The van der Waals surface area contributed by atoms with Gasteiger partial charge >= 0.3 is 5.97 Å². The van der Waals surface area contributed by atoms with Crippen molar-refractivity contribution in [1.29, 1.82) is 0 Å². The quantitative estimate of drug-likeness (QED) is 0.409. The van der Waals surface area contributed by atoms with Gasteiger partial charge < -0.3 is 19.9 Å². The summed E-state index contributed by atoms with van der Waals surface area (Å²) in [6.45, 7) is 15.4. The van der Waals surface area contributed by atoms with E-state index in [2.05, 4.69) is 42.1 Å². The van der Waals surface area contributed by atoms with E-state index in [4.69, 9.17) is 0 Å². The Morgan fingerprint density at radius 3 is 2.22 bits per heavy atom. The molecule has 0 radical (unpaired) electrons. The molecule has 0 unspecified atom stereocenters. The van der Waals surface area contributed by atoms with Crippen molar-refractivity contribution in [2.24, 2.45) is 24.8 Å². The highest BCUT2D eigenvalue weighted by Crippen LogP contribution is 2.39. The Balaban J connectivity index is 2.37. The predicted octanol–water partition coefficient (Wildman–Crippen LogP) is 5.14. The number of carboxylic acid groups (broad SMARTS) is 1. The fourth-order valence-corrected chi connectivity index (χ4v) is 5.28. The molecule has 1 heterocycles. The summed E-state index contributed by atoms with van der Waals surface area (Å²) >= 11 is 0. The molecular weight excluding hydrogens is 466 g/mol. The standard InChI is InChI=1S/C30H45N3O4/c1-11-22(30(7,8)23-17-32(9)24-15-13-12-14-21(23)24)27(34)31-26(19(4)5)28(35)33(10)25(18(2)3)16-20(6)29(36)37/h12-19,22,25-26H,11H2,1-10H3,(H,31,34)(H,36,37)/b20-16+/t22-,25-,26+/m1/s1. The molecule has 0 saturated carbocycles. The van der Waals surface area contributed by atoms with Gasteiger partial charge in [-0.25, -0.2) is 4.79 Å². The first-order valence-electron chi connectivity index (χ1n) is 13.2. The van der Waals surface area contributed by atoms with Gasteiger partial charge in [0.05, 0.1) is 6.04 Å². The van der Waals surface area contributed by atoms with Gasteiger partial charge in [0, 0.05) is 48.1 Å². The lowest BCUT2D eigenvalue weighted by molar-refractivity contribution is -0.140. The highest BCUT2D eigenvalue weighted by atomic mass is 16.4. The summed E-state index contributed by atoms with van der Waals surface area (Å²) < 4.78 is 2.09. The van der Waals surface area contributed by atoms with Gasteiger partial charge in [0.25, 0.3) is 0 Å². The number of carbonyl (C=O) groups is 3. The van der Waals surface area contributed by atoms with Gasteiger partial charge in [-0.05, 0) is 36.8 Å². The van der Waals surface area contributed by atoms with Crippen LogP contribution < -0.4 is 5.32 Å². The number of hydrogen-bond acceptors (Lipinski definition) is 3. The first-order chi connectivity index (χ1) is 17.1. The number of benzene rings is 1. The maximum Gasteiger partial charge on any atom is 0.331 e. The molecule has 0 fully saturated rings. The Labute approximate surface area is 221 Å². The Morgan fingerprint density at radius 2 is 1.70 bits per heavy atom. The zero-order valence-corrected chi connectivity index (χ0v) is 24.1. The molecule has 2 aromatic rings. The third-order valence-corrected chi connectivity index (χ3v) is 7.65.